The third-order valence-corrected chi connectivity index (χ3v) is 5.36. The fourth-order valence-corrected chi connectivity index (χ4v) is 3.84. The molecule has 3 rings (SSSR count). The van der Waals surface area contributed by atoms with Gasteiger partial charge in [-0.15, -0.1) is 0 Å². The van der Waals surface area contributed by atoms with Crippen molar-refractivity contribution < 1.29 is 23.7 Å². The molecule has 0 aliphatic carbocycles. The zero-order chi connectivity index (χ0) is 17.5. The summed E-state index contributed by atoms with van der Waals surface area (Å²) in [5.41, 5.74) is 0. The predicted octanol–water partition coefficient (Wildman–Crippen LogP) is 2.15. The molecule has 144 valence electrons. The van der Waals surface area contributed by atoms with Crippen molar-refractivity contribution in [2.24, 2.45) is 0 Å². The number of ether oxygens (including phenoxy) is 4. The first kappa shape index (κ1) is 19.1. The van der Waals surface area contributed by atoms with E-state index in [-0.39, 0.29) is 24.2 Å². The first-order valence-corrected chi connectivity index (χ1v) is 9.97. The van der Waals surface area contributed by atoms with Gasteiger partial charge in [-0.2, -0.15) is 0 Å². The largest absolute Gasteiger partial charge is 0.376 e. The maximum atomic E-state index is 12.9. The summed E-state index contributed by atoms with van der Waals surface area (Å²) in [4.78, 5) is 14.8. The molecule has 0 aromatic rings. The SMILES string of the molecule is CC(OCC1CCCCO1)C(=O)N(CC1CCCO1)CC1CCCO1. The van der Waals surface area contributed by atoms with Gasteiger partial charge in [0.2, 0.25) is 0 Å². The number of hydrogen-bond donors (Lipinski definition) is 0. The third-order valence-electron chi connectivity index (χ3n) is 5.36. The monoisotopic (exact) mass is 355 g/mol. The maximum Gasteiger partial charge on any atom is 0.251 e. The Bertz CT molecular complexity index is 383. The topological polar surface area (TPSA) is 57.2 Å². The molecule has 6 nitrogen and oxygen atoms in total. The van der Waals surface area contributed by atoms with Crippen LogP contribution in [0.15, 0.2) is 0 Å². The van der Waals surface area contributed by atoms with Gasteiger partial charge in [0.25, 0.3) is 5.91 Å². The minimum atomic E-state index is -0.451. The average Bonchev–Trinajstić information content (AvgIpc) is 3.33. The van der Waals surface area contributed by atoms with Crippen LogP contribution in [0.25, 0.3) is 0 Å². The van der Waals surface area contributed by atoms with Crippen LogP contribution in [-0.4, -0.2) is 74.7 Å². The van der Waals surface area contributed by atoms with E-state index in [4.69, 9.17) is 18.9 Å². The average molecular weight is 355 g/mol. The molecule has 0 bridgehead atoms. The first-order chi connectivity index (χ1) is 12.2. The molecule has 3 heterocycles. The lowest BCUT2D eigenvalue weighted by molar-refractivity contribution is -0.149. The van der Waals surface area contributed by atoms with Crippen molar-refractivity contribution in [3.63, 3.8) is 0 Å². The molecule has 4 atom stereocenters. The molecule has 4 unspecified atom stereocenters. The van der Waals surface area contributed by atoms with Gasteiger partial charge in [0.05, 0.1) is 24.9 Å². The standard InChI is InChI=1S/C19H33NO5/c1-15(25-14-18-6-2-3-9-24-18)19(21)20(12-16-7-4-10-22-16)13-17-8-5-11-23-17/h15-18H,2-14H2,1H3. The van der Waals surface area contributed by atoms with Gasteiger partial charge in [0.15, 0.2) is 0 Å². The molecule has 3 fully saturated rings. The normalized spacial score (nSPS) is 31.2. The van der Waals surface area contributed by atoms with E-state index in [0.29, 0.717) is 19.7 Å². The van der Waals surface area contributed by atoms with Crippen LogP contribution in [0.3, 0.4) is 0 Å². The van der Waals surface area contributed by atoms with Crippen LogP contribution < -0.4 is 0 Å². The Morgan fingerprint density at radius 1 is 0.920 bits per heavy atom. The van der Waals surface area contributed by atoms with Gasteiger partial charge in [-0.25, -0.2) is 0 Å². The molecule has 0 aromatic carbocycles. The maximum absolute atomic E-state index is 12.9. The second kappa shape index (κ2) is 9.86. The van der Waals surface area contributed by atoms with E-state index >= 15 is 0 Å². The first-order valence-electron chi connectivity index (χ1n) is 9.97. The molecular formula is C19H33NO5. The van der Waals surface area contributed by atoms with Gasteiger partial charge < -0.3 is 23.8 Å². The second-order valence-corrected chi connectivity index (χ2v) is 7.48. The molecule has 3 saturated heterocycles. The molecule has 0 N–H and O–H groups in total. The smallest absolute Gasteiger partial charge is 0.251 e. The van der Waals surface area contributed by atoms with Gasteiger partial charge >= 0.3 is 0 Å². The van der Waals surface area contributed by atoms with Crippen molar-refractivity contribution >= 4 is 5.91 Å². The van der Waals surface area contributed by atoms with Crippen molar-refractivity contribution in [2.75, 3.05) is 39.5 Å². The summed E-state index contributed by atoms with van der Waals surface area (Å²) in [6.45, 7) is 6.05. The molecular weight excluding hydrogens is 322 g/mol. The van der Waals surface area contributed by atoms with Crippen LogP contribution in [0, 0.1) is 0 Å². The minimum Gasteiger partial charge on any atom is -0.376 e. The summed E-state index contributed by atoms with van der Waals surface area (Å²) in [5, 5.41) is 0. The Labute approximate surface area is 151 Å². The quantitative estimate of drug-likeness (QED) is 0.668. The van der Waals surface area contributed by atoms with E-state index in [9.17, 15) is 4.79 Å². The van der Waals surface area contributed by atoms with E-state index in [1.54, 1.807) is 0 Å². The van der Waals surface area contributed by atoms with Gasteiger partial charge in [-0.05, 0) is 51.9 Å². The summed E-state index contributed by atoms with van der Waals surface area (Å²) >= 11 is 0. The van der Waals surface area contributed by atoms with Crippen LogP contribution in [0.1, 0.15) is 51.9 Å². The Hall–Kier alpha value is -0.690. The van der Waals surface area contributed by atoms with Crippen LogP contribution >= 0.6 is 0 Å². The van der Waals surface area contributed by atoms with Crippen LogP contribution in [0.2, 0.25) is 0 Å². The van der Waals surface area contributed by atoms with E-state index in [1.807, 2.05) is 11.8 Å². The van der Waals surface area contributed by atoms with Crippen molar-refractivity contribution in [1.29, 1.82) is 0 Å². The fraction of sp³-hybridized carbons (Fsp3) is 0.947. The van der Waals surface area contributed by atoms with Gasteiger partial charge in [0, 0.05) is 32.9 Å². The van der Waals surface area contributed by atoms with E-state index < -0.39 is 6.10 Å². The minimum absolute atomic E-state index is 0.0433. The Kier molecular flexibility index (Phi) is 7.52. The lowest BCUT2D eigenvalue weighted by Gasteiger charge is -2.31. The molecule has 1 amide bonds. The molecule has 0 aromatic heterocycles. The lowest BCUT2D eigenvalue weighted by atomic mass is 10.1. The number of rotatable bonds is 8. The predicted molar refractivity (Wildman–Crippen MR) is 93.5 cm³/mol. The second-order valence-electron chi connectivity index (χ2n) is 7.48. The summed E-state index contributed by atoms with van der Waals surface area (Å²) in [5.74, 6) is 0.0433. The lowest BCUT2D eigenvalue weighted by Crippen LogP contribution is -2.47. The molecule has 6 heteroatoms. The highest BCUT2D eigenvalue weighted by atomic mass is 16.5. The molecule has 0 spiro atoms. The highest BCUT2D eigenvalue weighted by Crippen LogP contribution is 2.19. The zero-order valence-corrected chi connectivity index (χ0v) is 15.5. The van der Waals surface area contributed by atoms with Crippen molar-refractivity contribution in [2.45, 2.75) is 76.3 Å². The zero-order valence-electron chi connectivity index (χ0n) is 15.5. The highest BCUT2D eigenvalue weighted by Gasteiger charge is 2.30. The third kappa shape index (κ3) is 5.91. The number of amides is 1. The highest BCUT2D eigenvalue weighted by molar-refractivity contribution is 5.80. The van der Waals surface area contributed by atoms with Crippen molar-refractivity contribution in [1.82, 2.24) is 4.90 Å². The molecule has 25 heavy (non-hydrogen) atoms. The van der Waals surface area contributed by atoms with Crippen molar-refractivity contribution in [3.05, 3.63) is 0 Å². The summed E-state index contributed by atoms with van der Waals surface area (Å²) in [7, 11) is 0. The molecule has 0 radical (unpaired) electrons. The van der Waals surface area contributed by atoms with Gasteiger partial charge in [-0.3, -0.25) is 4.79 Å². The van der Waals surface area contributed by atoms with Gasteiger partial charge in [-0.1, -0.05) is 0 Å². The number of carbonyl (C=O) groups excluding carboxylic acids is 1. The van der Waals surface area contributed by atoms with E-state index in [2.05, 4.69) is 0 Å². The molecule has 3 aliphatic rings. The summed E-state index contributed by atoms with van der Waals surface area (Å²) in [6.07, 6.45) is 7.54. The summed E-state index contributed by atoms with van der Waals surface area (Å²) < 4.78 is 23.0. The van der Waals surface area contributed by atoms with E-state index in [1.165, 1.54) is 6.42 Å². The fourth-order valence-electron chi connectivity index (χ4n) is 3.84. The van der Waals surface area contributed by atoms with Crippen molar-refractivity contribution in [3.8, 4) is 0 Å². The van der Waals surface area contributed by atoms with Gasteiger partial charge in [0.1, 0.15) is 6.10 Å². The van der Waals surface area contributed by atoms with E-state index in [0.717, 1.165) is 58.3 Å². The van der Waals surface area contributed by atoms with Crippen LogP contribution in [0.4, 0.5) is 0 Å². The molecule has 0 saturated carbocycles. The molecule has 3 aliphatic heterocycles. The number of carbonyl (C=O) groups is 1. The Morgan fingerprint density at radius 2 is 1.48 bits per heavy atom. The van der Waals surface area contributed by atoms with Crippen LogP contribution in [-0.2, 0) is 23.7 Å². The number of hydrogen-bond acceptors (Lipinski definition) is 5. The van der Waals surface area contributed by atoms with Crippen LogP contribution in [0.5, 0.6) is 0 Å². The Balaban J connectivity index is 1.50. The number of nitrogens with zero attached hydrogens (tertiary/aromatic N) is 1. The summed E-state index contributed by atoms with van der Waals surface area (Å²) in [6, 6.07) is 0. The Morgan fingerprint density at radius 3 is 2.00 bits per heavy atom.